The number of likely N-dealkylation sites (tertiary alicyclic amines) is 1. The second-order valence-corrected chi connectivity index (χ2v) is 6.57. The maximum absolute atomic E-state index is 12.9. The van der Waals surface area contributed by atoms with E-state index < -0.39 is 0 Å². The van der Waals surface area contributed by atoms with Gasteiger partial charge in [-0.1, -0.05) is 31.0 Å². The fourth-order valence-electron chi connectivity index (χ4n) is 3.96. The summed E-state index contributed by atoms with van der Waals surface area (Å²) < 4.78 is 2.02. The average Bonchev–Trinajstić information content (AvgIpc) is 3.34. The van der Waals surface area contributed by atoms with Crippen molar-refractivity contribution < 1.29 is 4.79 Å². The van der Waals surface area contributed by atoms with Gasteiger partial charge in [0, 0.05) is 18.2 Å². The normalized spacial score (nSPS) is 21.9. The third-order valence-electron chi connectivity index (χ3n) is 5.15. The van der Waals surface area contributed by atoms with Crippen molar-refractivity contribution in [2.75, 3.05) is 6.54 Å². The van der Waals surface area contributed by atoms with E-state index in [-0.39, 0.29) is 12.0 Å². The molecule has 2 heterocycles. The molecule has 1 aliphatic heterocycles. The molecular weight excluding hydrogens is 288 g/mol. The Morgan fingerprint density at radius 1 is 1.04 bits per heavy atom. The van der Waals surface area contributed by atoms with Crippen LogP contribution in [-0.4, -0.2) is 32.1 Å². The molecule has 23 heavy (non-hydrogen) atoms. The van der Waals surface area contributed by atoms with Crippen LogP contribution in [-0.2, 0) is 4.79 Å². The molecule has 5 heteroatoms. The number of aromatic nitrogens is 3. The first-order valence-electron chi connectivity index (χ1n) is 8.60. The smallest absolute Gasteiger partial charge is 0.226 e. The summed E-state index contributed by atoms with van der Waals surface area (Å²) in [6, 6.07) is 10.2. The van der Waals surface area contributed by atoms with Crippen LogP contribution in [0.1, 0.15) is 50.4 Å². The summed E-state index contributed by atoms with van der Waals surface area (Å²) in [5.74, 6) is 1.44. The van der Waals surface area contributed by atoms with Crippen LogP contribution in [0.5, 0.6) is 0 Å². The summed E-state index contributed by atoms with van der Waals surface area (Å²) in [4.78, 5) is 14.9. The highest BCUT2D eigenvalue weighted by Gasteiger charge is 2.37. The van der Waals surface area contributed by atoms with Gasteiger partial charge in [0.25, 0.3) is 0 Å². The maximum Gasteiger partial charge on any atom is 0.226 e. The number of para-hydroxylation sites is 1. The van der Waals surface area contributed by atoms with E-state index in [1.807, 2.05) is 34.9 Å². The van der Waals surface area contributed by atoms with Crippen molar-refractivity contribution in [1.82, 2.24) is 19.7 Å². The number of hydrogen-bond acceptors (Lipinski definition) is 3. The van der Waals surface area contributed by atoms with Gasteiger partial charge < -0.3 is 4.90 Å². The predicted octanol–water partition coefficient (Wildman–Crippen LogP) is 3.12. The van der Waals surface area contributed by atoms with Crippen LogP contribution in [0.4, 0.5) is 0 Å². The van der Waals surface area contributed by atoms with E-state index in [1.54, 1.807) is 6.33 Å². The van der Waals surface area contributed by atoms with Crippen LogP contribution in [0, 0.1) is 5.92 Å². The van der Waals surface area contributed by atoms with E-state index in [1.165, 1.54) is 12.8 Å². The molecular formula is C18H22N4O. The Hall–Kier alpha value is -2.17. The predicted molar refractivity (Wildman–Crippen MR) is 87.0 cm³/mol. The number of hydrogen-bond donors (Lipinski definition) is 0. The molecule has 2 aromatic rings. The van der Waals surface area contributed by atoms with Gasteiger partial charge in [-0.05, 0) is 37.8 Å². The summed E-state index contributed by atoms with van der Waals surface area (Å²) >= 11 is 0. The van der Waals surface area contributed by atoms with Crippen molar-refractivity contribution in [1.29, 1.82) is 0 Å². The number of carbonyl (C=O) groups is 1. The zero-order valence-corrected chi connectivity index (χ0v) is 13.3. The fraction of sp³-hybridized carbons (Fsp3) is 0.500. The molecule has 2 aliphatic rings. The average molecular weight is 310 g/mol. The van der Waals surface area contributed by atoms with Crippen molar-refractivity contribution >= 4 is 5.91 Å². The van der Waals surface area contributed by atoms with Gasteiger partial charge >= 0.3 is 0 Å². The number of carbonyl (C=O) groups excluding carboxylic acids is 1. The molecule has 0 bridgehead atoms. The highest BCUT2D eigenvalue weighted by molar-refractivity contribution is 5.79. The highest BCUT2D eigenvalue weighted by Crippen LogP contribution is 2.36. The lowest BCUT2D eigenvalue weighted by atomic mass is 10.1. The molecule has 120 valence electrons. The van der Waals surface area contributed by atoms with Crippen molar-refractivity contribution in [2.24, 2.45) is 5.92 Å². The minimum Gasteiger partial charge on any atom is -0.332 e. The van der Waals surface area contributed by atoms with E-state index in [4.69, 9.17) is 0 Å². The van der Waals surface area contributed by atoms with Crippen LogP contribution < -0.4 is 0 Å². The Labute approximate surface area is 136 Å². The van der Waals surface area contributed by atoms with Crippen molar-refractivity contribution in [3.8, 4) is 5.69 Å². The molecule has 1 unspecified atom stereocenters. The largest absolute Gasteiger partial charge is 0.332 e. The lowest BCUT2D eigenvalue weighted by molar-refractivity contribution is -0.136. The van der Waals surface area contributed by atoms with Crippen LogP contribution in [0.25, 0.3) is 5.69 Å². The van der Waals surface area contributed by atoms with Crippen LogP contribution >= 0.6 is 0 Å². The molecule has 4 rings (SSSR count). The molecule has 0 N–H and O–H groups in total. The van der Waals surface area contributed by atoms with Gasteiger partial charge in [0.1, 0.15) is 6.33 Å². The SMILES string of the molecule is O=C(C1CCCC1)N1CCCC1c1nncn1-c1ccccc1. The van der Waals surface area contributed by atoms with Crippen molar-refractivity contribution in [3.05, 3.63) is 42.5 Å². The molecule has 1 aromatic heterocycles. The van der Waals surface area contributed by atoms with Crippen LogP contribution in [0.15, 0.2) is 36.7 Å². The van der Waals surface area contributed by atoms with Gasteiger partial charge in [0.2, 0.25) is 5.91 Å². The van der Waals surface area contributed by atoms with Gasteiger partial charge in [-0.25, -0.2) is 0 Å². The van der Waals surface area contributed by atoms with Gasteiger partial charge in [0.05, 0.1) is 6.04 Å². The molecule has 1 atom stereocenters. The lowest BCUT2D eigenvalue weighted by Gasteiger charge is -2.27. The molecule has 2 fully saturated rings. The monoisotopic (exact) mass is 310 g/mol. The summed E-state index contributed by atoms with van der Waals surface area (Å²) in [6.45, 7) is 0.849. The zero-order chi connectivity index (χ0) is 15.6. The molecule has 1 aliphatic carbocycles. The number of amides is 1. The molecule has 5 nitrogen and oxygen atoms in total. The van der Waals surface area contributed by atoms with Crippen LogP contribution in [0.2, 0.25) is 0 Å². The fourth-order valence-corrected chi connectivity index (χ4v) is 3.96. The molecule has 1 aromatic carbocycles. The summed E-state index contributed by atoms with van der Waals surface area (Å²) in [7, 11) is 0. The minimum absolute atomic E-state index is 0.0609. The van der Waals surface area contributed by atoms with Gasteiger partial charge in [-0.15, -0.1) is 10.2 Å². The summed E-state index contributed by atoms with van der Waals surface area (Å²) in [5.41, 5.74) is 1.05. The Balaban J connectivity index is 1.62. The third kappa shape index (κ3) is 2.64. The van der Waals surface area contributed by atoms with E-state index in [0.29, 0.717) is 5.91 Å². The summed E-state index contributed by atoms with van der Waals surface area (Å²) in [5, 5.41) is 8.46. The zero-order valence-electron chi connectivity index (χ0n) is 13.3. The number of benzene rings is 1. The topological polar surface area (TPSA) is 51.0 Å². The Morgan fingerprint density at radius 3 is 2.61 bits per heavy atom. The molecule has 1 saturated heterocycles. The third-order valence-corrected chi connectivity index (χ3v) is 5.15. The first kappa shape index (κ1) is 14.4. The minimum atomic E-state index is 0.0609. The highest BCUT2D eigenvalue weighted by atomic mass is 16.2. The van der Waals surface area contributed by atoms with E-state index in [2.05, 4.69) is 15.1 Å². The Kier molecular flexibility index (Phi) is 3.85. The van der Waals surface area contributed by atoms with E-state index >= 15 is 0 Å². The molecule has 1 amide bonds. The number of nitrogens with zero attached hydrogens (tertiary/aromatic N) is 4. The van der Waals surface area contributed by atoms with Crippen LogP contribution in [0.3, 0.4) is 0 Å². The lowest BCUT2D eigenvalue weighted by Crippen LogP contribution is -2.35. The Morgan fingerprint density at radius 2 is 1.83 bits per heavy atom. The maximum atomic E-state index is 12.9. The second kappa shape index (κ2) is 6.14. The molecule has 1 saturated carbocycles. The van der Waals surface area contributed by atoms with Gasteiger partial charge in [-0.3, -0.25) is 9.36 Å². The van der Waals surface area contributed by atoms with Gasteiger partial charge in [0.15, 0.2) is 5.82 Å². The van der Waals surface area contributed by atoms with Crippen molar-refractivity contribution in [2.45, 2.75) is 44.6 Å². The van der Waals surface area contributed by atoms with E-state index in [9.17, 15) is 4.79 Å². The first-order valence-corrected chi connectivity index (χ1v) is 8.60. The first-order chi connectivity index (χ1) is 11.3. The second-order valence-electron chi connectivity index (χ2n) is 6.57. The van der Waals surface area contributed by atoms with Gasteiger partial charge in [-0.2, -0.15) is 0 Å². The standard InChI is InChI=1S/C18H22N4O/c23-18(14-7-4-5-8-14)21-12-6-11-16(21)17-20-19-13-22(17)15-9-2-1-3-10-15/h1-3,9-10,13-14,16H,4-8,11-12H2. The summed E-state index contributed by atoms with van der Waals surface area (Å²) in [6.07, 6.45) is 8.25. The Bertz CT molecular complexity index is 675. The van der Waals surface area contributed by atoms with E-state index in [0.717, 1.165) is 43.7 Å². The van der Waals surface area contributed by atoms with Crippen molar-refractivity contribution in [3.63, 3.8) is 0 Å². The molecule has 0 radical (unpaired) electrons. The number of rotatable bonds is 3. The molecule has 0 spiro atoms. The quantitative estimate of drug-likeness (QED) is 0.875.